The molecule has 1 aromatic carbocycles. The van der Waals surface area contributed by atoms with Crippen molar-refractivity contribution in [1.82, 2.24) is 0 Å². The van der Waals surface area contributed by atoms with Crippen molar-refractivity contribution in [2.24, 2.45) is 58.2 Å². The summed E-state index contributed by atoms with van der Waals surface area (Å²) in [5, 5.41) is 20.3. The van der Waals surface area contributed by atoms with E-state index in [9.17, 15) is 19.8 Å². The van der Waals surface area contributed by atoms with E-state index in [0.717, 1.165) is 54.4 Å². The van der Waals surface area contributed by atoms with Crippen LogP contribution >= 0.6 is 0 Å². The minimum absolute atomic E-state index is 0.00615. The lowest BCUT2D eigenvalue weighted by molar-refractivity contribution is -0.213. The molecule has 0 saturated heterocycles. The van der Waals surface area contributed by atoms with Crippen LogP contribution in [-0.2, 0) is 20.7 Å². The van der Waals surface area contributed by atoms with Gasteiger partial charge in [0.2, 0.25) is 0 Å². The molecule has 10 atom stereocenters. The maximum Gasteiger partial charge on any atom is 0.306 e. The average molecular weight is 609 g/mol. The van der Waals surface area contributed by atoms with Crippen molar-refractivity contribution in [3.63, 3.8) is 0 Å². The van der Waals surface area contributed by atoms with Gasteiger partial charge in [-0.05, 0) is 109 Å². The molecule has 2 N–H and O–H groups in total. The van der Waals surface area contributed by atoms with Gasteiger partial charge in [-0.1, -0.05) is 84.2 Å². The van der Waals surface area contributed by atoms with Crippen molar-refractivity contribution in [2.75, 3.05) is 6.61 Å². The molecule has 5 nitrogen and oxygen atoms in total. The Hall–Kier alpha value is -1.88. The Morgan fingerprint density at radius 2 is 1.57 bits per heavy atom. The zero-order chi connectivity index (χ0) is 31.7. The Labute approximate surface area is 266 Å². The van der Waals surface area contributed by atoms with Gasteiger partial charge in [0.05, 0.1) is 19.4 Å². The van der Waals surface area contributed by atoms with Crippen LogP contribution in [0.2, 0.25) is 0 Å². The number of hydrogen-bond donors (Lipinski definition) is 2. The molecule has 5 heteroatoms. The maximum atomic E-state index is 13.1. The number of rotatable bonds is 12. The molecule has 4 aliphatic rings. The molecular weight excluding hydrogens is 548 g/mol. The molecular formula is C39H60O5. The minimum atomic E-state index is -0.990. The number of carboxylic acids is 1. The Morgan fingerprint density at radius 1 is 0.864 bits per heavy atom. The first kappa shape index (κ1) is 33.5. The predicted molar refractivity (Wildman–Crippen MR) is 175 cm³/mol. The Kier molecular flexibility index (Phi) is 10.2. The van der Waals surface area contributed by atoms with E-state index < -0.39 is 17.5 Å². The van der Waals surface area contributed by atoms with Crippen molar-refractivity contribution in [2.45, 2.75) is 130 Å². The summed E-state index contributed by atoms with van der Waals surface area (Å²) in [6, 6.07) is 10.2. The summed E-state index contributed by atoms with van der Waals surface area (Å²) in [5.41, 5.74) is 0.855. The number of fused-ring (bicyclic) bond motifs is 5. The molecule has 0 radical (unpaired) electrons. The summed E-state index contributed by atoms with van der Waals surface area (Å²) >= 11 is 0. The van der Waals surface area contributed by atoms with Crippen molar-refractivity contribution < 1.29 is 24.5 Å². The first-order chi connectivity index (χ1) is 20.9. The van der Waals surface area contributed by atoms with Gasteiger partial charge in [0.1, 0.15) is 5.60 Å². The number of carbonyl (C=O) groups is 2. The largest absolute Gasteiger partial charge is 0.481 e. The lowest BCUT2D eigenvalue weighted by Crippen LogP contribution is -2.62. The number of esters is 1. The minimum Gasteiger partial charge on any atom is -0.481 e. The van der Waals surface area contributed by atoms with Crippen LogP contribution < -0.4 is 0 Å². The highest BCUT2D eigenvalue weighted by molar-refractivity contribution is 5.76. The standard InChI is InChI=1S/C39H60O5/c1-26(2)10-9-11-27(3)30-16-17-31-29-14-15-33-34(25-40)39(24-28-12-7-6-8-13-28,44-36(43)19-18-35(41)42)23-22-38(33,5)32(29)20-21-37(30,31)4/h6-8,12-13,26-27,29-34,40H,9-11,14-25H2,1-5H3,(H,41,42)/t27-,29?,30-,31?,32?,33?,34?,37-,38-,39-/m1/s1. The van der Waals surface area contributed by atoms with E-state index in [-0.39, 0.29) is 36.7 Å². The second-order valence-corrected chi connectivity index (χ2v) is 16.5. The Morgan fingerprint density at radius 3 is 2.25 bits per heavy atom. The molecule has 246 valence electrons. The summed E-state index contributed by atoms with van der Waals surface area (Å²) in [6.07, 6.45) is 13.6. The molecule has 44 heavy (non-hydrogen) atoms. The molecule has 0 aromatic heterocycles. The SMILES string of the molecule is CC(C)CCC[C@@H](C)[C@H]1CCC2C3CCC4C(CO)[C@@](Cc5ccccc5)(OC(=O)CCC(=O)O)CC[C@]4(C)C3CC[C@@]21C. The van der Waals surface area contributed by atoms with Crippen LogP contribution in [0.15, 0.2) is 30.3 Å². The molecule has 4 saturated carbocycles. The summed E-state index contributed by atoms with van der Waals surface area (Å²) in [4.78, 5) is 24.4. The Balaban J connectivity index is 1.36. The van der Waals surface area contributed by atoms with Crippen LogP contribution in [0.5, 0.6) is 0 Å². The van der Waals surface area contributed by atoms with E-state index in [4.69, 9.17) is 4.74 Å². The van der Waals surface area contributed by atoms with Gasteiger partial charge in [0, 0.05) is 12.3 Å². The van der Waals surface area contributed by atoms with Crippen LogP contribution in [0, 0.1) is 58.2 Å². The normalized spacial score (nSPS) is 38.8. The second kappa shape index (κ2) is 13.5. The van der Waals surface area contributed by atoms with Gasteiger partial charge in [-0.15, -0.1) is 0 Å². The van der Waals surface area contributed by atoms with Crippen molar-refractivity contribution >= 4 is 11.9 Å². The number of aliphatic hydroxyl groups excluding tert-OH is 1. The maximum absolute atomic E-state index is 13.1. The third-order valence-electron chi connectivity index (χ3n) is 13.8. The zero-order valence-corrected chi connectivity index (χ0v) is 28.2. The molecule has 0 spiro atoms. The van der Waals surface area contributed by atoms with Gasteiger partial charge >= 0.3 is 11.9 Å². The fourth-order valence-corrected chi connectivity index (χ4v) is 11.7. The van der Waals surface area contributed by atoms with E-state index in [0.29, 0.717) is 17.8 Å². The highest BCUT2D eigenvalue weighted by Crippen LogP contribution is 2.70. The topological polar surface area (TPSA) is 83.8 Å². The zero-order valence-electron chi connectivity index (χ0n) is 28.2. The number of hydrogen-bond acceptors (Lipinski definition) is 4. The summed E-state index contributed by atoms with van der Waals surface area (Å²) in [6.45, 7) is 12.4. The van der Waals surface area contributed by atoms with Gasteiger partial charge in [0.25, 0.3) is 0 Å². The summed E-state index contributed by atoms with van der Waals surface area (Å²) < 4.78 is 6.38. The van der Waals surface area contributed by atoms with Crippen molar-refractivity contribution in [1.29, 1.82) is 0 Å². The molecule has 0 heterocycles. The second-order valence-electron chi connectivity index (χ2n) is 16.5. The molecule has 4 fully saturated rings. The predicted octanol–water partition coefficient (Wildman–Crippen LogP) is 8.72. The summed E-state index contributed by atoms with van der Waals surface area (Å²) in [7, 11) is 0. The van der Waals surface area contributed by atoms with Gasteiger partial charge in [-0.2, -0.15) is 0 Å². The summed E-state index contributed by atoms with van der Waals surface area (Å²) in [5.74, 6) is 3.33. The van der Waals surface area contributed by atoms with Gasteiger partial charge in [-0.25, -0.2) is 0 Å². The van der Waals surface area contributed by atoms with E-state index in [1.807, 2.05) is 18.2 Å². The number of carbonyl (C=O) groups excluding carboxylic acids is 1. The van der Waals surface area contributed by atoms with Gasteiger partial charge in [-0.3, -0.25) is 9.59 Å². The molecule has 5 unspecified atom stereocenters. The van der Waals surface area contributed by atoms with Gasteiger partial charge < -0.3 is 14.9 Å². The smallest absolute Gasteiger partial charge is 0.306 e. The van der Waals surface area contributed by atoms with E-state index in [2.05, 4.69) is 46.8 Å². The van der Waals surface area contributed by atoms with Crippen LogP contribution in [0.1, 0.15) is 124 Å². The molecule has 0 amide bonds. The fourth-order valence-electron chi connectivity index (χ4n) is 11.7. The van der Waals surface area contributed by atoms with E-state index in [1.54, 1.807) is 0 Å². The number of benzene rings is 1. The highest BCUT2D eigenvalue weighted by atomic mass is 16.6. The van der Waals surface area contributed by atoms with E-state index in [1.165, 1.54) is 51.4 Å². The third-order valence-corrected chi connectivity index (χ3v) is 13.8. The van der Waals surface area contributed by atoms with Crippen LogP contribution in [0.25, 0.3) is 0 Å². The average Bonchev–Trinajstić information content (AvgIpc) is 3.34. The molecule has 1 aromatic rings. The first-order valence-corrected chi connectivity index (χ1v) is 18.0. The molecule has 5 rings (SSSR count). The van der Waals surface area contributed by atoms with Crippen LogP contribution in [-0.4, -0.2) is 34.4 Å². The van der Waals surface area contributed by atoms with Crippen molar-refractivity contribution in [3.8, 4) is 0 Å². The lowest BCUT2D eigenvalue weighted by atomic mass is 9.41. The number of carboxylic acid groups (broad SMARTS) is 1. The van der Waals surface area contributed by atoms with Gasteiger partial charge in [0.15, 0.2) is 0 Å². The van der Waals surface area contributed by atoms with E-state index >= 15 is 0 Å². The quantitative estimate of drug-likeness (QED) is 0.232. The number of aliphatic hydroxyl groups is 1. The fraction of sp³-hybridized carbons (Fsp3) is 0.795. The van der Waals surface area contributed by atoms with Crippen molar-refractivity contribution in [3.05, 3.63) is 35.9 Å². The highest BCUT2D eigenvalue weighted by Gasteiger charge is 2.64. The lowest BCUT2D eigenvalue weighted by Gasteiger charge is -2.64. The number of ether oxygens (including phenoxy) is 1. The monoisotopic (exact) mass is 608 g/mol. The molecule has 0 aliphatic heterocycles. The third kappa shape index (κ3) is 6.38. The number of aliphatic carboxylic acids is 1. The van der Waals surface area contributed by atoms with Crippen LogP contribution in [0.3, 0.4) is 0 Å². The Bertz CT molecular complexity index is 1130. The molecule has 4 aliphatic carbocycles. The first-order valence-electron chi connectivity index (χ1n) is 18.0. The molecule has 0 bridgehead atoms. The van der Waals surface area contributed by atoms with Crippen LogP contribution in [0.4, 0.5) is 0 Å².